The molecule has 3 N–H and O–H groups in total. The van der Waals surface area contributed by atoms with Crippen LogP contribution >= 0.6 is 0 Å². The molecule has 0 bridgehead atoms. The van der Waals surface area contributed by atoms with Gasteiger partial charge in [0, 0.05) is 18.3 Å². The van der Waals surface area contributed by atoms with Crippen molar-refractivity contribution in [2.45, 2.75) is 19.8 Å². The third-order valence-electron chi connectivity index (χ3n) is 2.04. The van der Waals surface area contributed by atoms with Gasteiger partial charge in [-0.2, -0.15) is 0 Å². The fourth-order valence-corrected chi connectivity index (χ4v) is 1.33. The first-order valence-electron chi connectivity index (χ1n) is 5.17. The molecule has 1 aromatic rings. The molecule has 1 aromatic heterocycles. The van der Waals surface area contributed by atoms with Crippen LogP contribution in [0.2, 0.25) is 0 Å². The van der Waals surface area contributed by atoms with Gasteiger partial charge in [-0.15, -0.1) is 13.2 Å². The van der Waals surface area contributed by atoms with Gasteiger partial charge in [0.2, 0.25) is 0 Å². The lowest BCUT2D eigenvalue weighted by atomic mass is 10.1. The fourth-order valence-electron chi connectivity index (χ4n) is 1.33. The van der Waals surface area contributed by atoms with Crippen molar-refractivity contribution in [3.63, 3.8) is 0 Å². The SMILES string of the molecule is CCOC(=O)c1c(OC(F)(F)F)c(CN)c[nH]c1=O. The second-order valence-corrected chi connectivity index (χ2v) is 3.32. The van der Waals surface area contributed by atoms with E-state index >= 15 is 0 Å². The summed E-state index contributed by atoms with van der Waals surface area (Å²) in [5, 5.41) is 0. The highest BCUT2D eigenvalue weighted by Gasteiger charge is 2.35. The largest absolute Gasteiger partial charge is 0.573 e. The minimum absolute atomic E-state index is 0.101. The smallest absolute Gasteiger partial charge is 0.462 e. The molecule has 0 unspecified atom stereocenters. The summed E-state index contributed by atoms with van der Waals surface area (Å²) in [7, 11) is 0. The number of carbonyl (C=O) groups excluding carboxylic acids is 1. The molecular formula is C10H11F3N2O4. The number of aromatic amines is 1. The van der Waals surface area contributed by atoms with E-state index in [1.54, 1.807) is 0 Å². The molecule has 6 nitrogen and oxygen atoms in total. The van der Waals surface area contributed by atoms with Gasteiger partial charge in [0.25, 0.3) is 5.56 Å². The molecule has 0 aliphatic rings. The van der Waals surface area contributed by atoms with Gasteiger partial charge in [0.05, 0.1) is 6.61 Å². The number of aromatic nitrogens is 1. The van der Waals surface area contributed by atoms with Crippen LogP contribution in [0.15, 0.2) is 11.0 Å². The summed E-state index contributed by atoms with van der Waals surface area (Å²) in [6, 6.07) is 0. The topological polar surface area (TPSA) is 94.4 Å². The van der Waals surface area contributed by atoms with Crippen molar-refractivity contribution in [3.8, 4) is 5.75 Å². The monoisotopic (exact) mass is 280 g/mol. The highest BCUT2D eigenvalue weighted by molar-refractivity contribution is 5.92. The zero-order valence-corrected chi connectivity index (χ0v) is 9.84. The molecule has 0 aliphatic carbocycles. The van der Waals surface area contributed by atoms with Gasteiger partial charge in [-0.05, 0) is 6.92 Å². The van der Waals surface area contributed by atoms with E-state index in [0.717, 1.165) is 6.20 Å². The molecular weight excluding hydrogens is 269 g/mol. The van der Waals surface area contributed by atoms with Crippen LogP contribution in [0.4, 0.5) is 13.2 Å². The summed E-state index contributed by atoms with van der Waals surface area (Å²) in [5.41, 5.74) is 3.17. The molecule has 0 aliphatic heterocycles. The molecule has 1 heterocycles. The maximum absolute atomic E-state index is 12.3. The minimum Gasteiger partial charge on any atom is -0.462 e. The van der Waals surface area contributed by atoms with Crippen LogP contribution in [0.25, 0.3) is 0 Å². The van der Waals surface area contributed by atoms with Crippen molar-refractivity contribution in [2.75, 3.05) is 6.61 Å². The Kier molecular flexibility index (Phi) is 4.54. The highest BCUT2D eigenvalue weighted by atomic mass is 19.4. The Labute approximate surface area is 105 Å². The standard InChI is InChI=1S/C10H11F3N2O4/c1-2-18-9(17)6-7(19-10(11,12)13)5(3-14)4-15-8(6)16/h4H,2-3,14H2,1H3,(H,15,16). The quantitative estimate of drug-likeness (QED) is 0.799. The minimum atomic E-state index is -5.06. The van der Waals surface area contributed by atoms with E-state index in [1.807, 2.05) is 0 Å². The molecule has 0 saturated heterocycles. The number of esters is 1. The Hall–Kier alpha value is -2.03. The van der Waals surface area contributed by atoms with E-state index in [0.29, 0.717) is 0 Å². The highest BCUT2D eigenvalue weighted by Crippen LogP contribution is 2.28. The first-order chi connectivity index (χ1) is 8.80. The molecule has 0 radical (unpaired) electrons. The van der Waals surface area contributed by atoms with Crippen molar-refractivity contribution in [3.05, 3.63) is 27.7 Å². The molecule has 0 saturated carbocycles. The lowest BCUT2D eigenvalue weighted by Gasteiger charge is -2.14. The van der Waals surface area contributed by atoms with Crippen molar-refractivity contribution in [1.82, 2.24) is 4.98 Å². The Morgan fingerprint density at radius 2 is 2.11 bits per heavy atom. The van der Waals surface area contributed by atoms with Crippen molar-refractivity contribution < 1.29 is 27.4 Å². The number of H-pyrrole nitrogens is 1. The molecule has 0 fully saturated rings. The van der Waals surface area contributed by atoms with Crippen LogP contribution in [0.5, 0.6) is 5.75 Å². The van der Waals surface area contributed by atoms with Crippen LogP contribution in [0.1, 0.15) is 22.8 Å². The van der Waals surface area contributed by atoms with Gasteiger partial charge in [-0.3, -0.25) is 4.79 Å². The van der Waals surface area contributed by atoms with E-state index < -0.39 is 29.2 Å². The van der Waals surface area contributed by atoms with Crippen molar-refractivity contribution in [1.29, 1.82) is 0 Å². The van der Waals surface area contributed by atoms with Crippen LogP contribution in [0, 0.1) is 0 Å². The zero-order valence-electron chi connectivity index (χ0n) is 9.84. The Balaban J connectivity index is 3.41. The van der Waals surface area contributed by atoms with Gasteiger partial charge in [-0.25, -0.2) is 4.79 Å². The van der Waals surface area contributed by atoms with Gasteiger partial charge in [-0.1, -0.05) is 0 Å². The normalized spacial score (nSPS) is 11.2. The lowest BCUT2D eigenvalue weighted by molar-refractivity contribution is -0.275. The second kappa shape index (κ2) is 5.74. The first kappa shape index (κ1) is 15.0. The maximum Gasteiger partial charge on any atom is 0.573 e. The maximum atomic E-state index is 12.3. The zero-order chi connectivity index (χ0) is 14.6. The predicted octanol–water partition coefficient (Wildman–Crippen LogP) is 0.909. The molecule has 19 heavy (non-hydrogen) atoms. The lowest BCUT2D eigenvalue weighted by Crippen LogP contribution is -2.27. The number of hydrogen-bond acceptors (Lipinski definition) is 5. The summed E-state index contributed by atoms with van der Waals surface area (Å²) >= 11 is 0. The van der Waals surface area contributed by atoms with Crippen molar-refractivity contribution >= 4 is 5.97 Å². The number of carbonyl (C=O) groups is 1. The van der Waals surface area contributed by atoms with E-state index in [4.69, 9.17) is 5.73 Å². The third-order valence-corrected chi connectivity index (χ3v) is 2.04. The summed E-state index contributed by atoms with van der Waals surface area (Å²) in [6.45, 7) is 0.994. The average Bonchev–Trinajstić information content (AvgIpc) is 2.27. The number of ether oxygens (including phenoxy) is 2. The van der Waals surface area contributed by atoms with Crippen molar-refractivity contribution in [2.24, 2.45) is 5.73 Å². The van der Waals surface area contributed by atoms with Gasteiger partial charge >= 0.3 is 12.3 Å². The van der Waals surface area contributed by atoms with Gasteiger partial charge in [0.1, 0.15) is 0 Å². The average molecular weight is 280 g/mol. The van der Waals surface area contributed by atoms with Crippen LogP contribution in [0.3, 0.4) is 0 Å². The molecule has 0 spiro atoms. The third kappa shape index (κ3) is 3.71. The molecule has 9 heteroatoms. The summed E-state index contributed by atoms with van der Waals surface area (Å²) in [4.78, 5) is 25.1. The number of alkyl halides is 3. The van der Waals surface area contributed by atoms with E-state index in [-0.39, 0.29) is 18.7 Å². The molecule has 0 amide bonds. The van der Waals surface area contributed by atoms with E-state index in [1.165, 1.54) is 6.92 Å². The number of nitrogens with two attached hydrogens (primary N) is 1. The molecule has 0 aromatic carbocycles. The summed E-state index contributed by atoms with van der Waals surface area (Å²) in [5.74, 6) is -2.14. The number of hydrogen-bond donors (Lipinski definition) is 2. The van der Waals surface area contributed by atoms with Gasteiger partial charge < -0.3 is 20.2 Å². The van der Waals surface area contributed by atoms with Gasteiger partial charge in [0.15, 0.2) is 11.3 Å². The Morgan fingerprint density at radius 1 is 1.47 bits per heavy atom. The molecule has 1 rings (SSSR count). The van der Waals surface area contributed by atoms with E-state index in [9.17, 15) is 22.8 Å². The summed E-state index contributed by atoms with van der Waals surface area (Å²) < 4.78 is 45.1. The van der Waals surface area contributed by atoms with Crippen LogP contribution < -0.4 is 16.0 Å². The second-order valence-electron chi connectivity index (χ2n) is 3.32. The number of rotatable bonds is 4. The van der Waals surface area contributed by atoms with Crippen LogP contribution in [-0.4, -0.2) is 23.9 Å². The molecule has 106 valence electrons. The number of halogens is 3. The predicted molar refractivity (Wildman–Crippen MR) is 57.6 cm³/mol. The Morgan fingerprint density at radius 3 is 2.58 bits per heavy atom. The molecule has 0 atom stereocenters. The number of nitrogens with one attached hydrogen (secondary N) is 1. The Bertz CT molecular complexity index is 524. The first-order valence-corrected chi connectivity index (χ1v) is 5.17. The number of pyridine rings is 1. The summed E-state index contributed by atoms with van der Waals surface area (Å²) in [6.07, 6.45) is -4.11. The van der Waals surface area contributed by atoms with Crippen LogP contribution in [-0.2, 0) is 11.3 Å². The van der Waals surface area contributed by atoms with E-state index in [2.05, 4.69) is 14.5 Å². The fraction of sp³-hybridized carbons (Fsp3) is 0.400.